The van der Waals surface area contributed by atoms with Crippen LogP contribution < -0.4 is 4.90 Å². The summed E-state index contributed by atoms with van der Waals surface area (Å²) < 4.78 is 2.04. The number of carbonyl (C=O) groups excluding carboxylic acids is 1. The first-order valence-electron chi connectivity index (χ1n) is 10.8. The van der Waals surface area contributed by atoms with E-state index in [0.717, 1.165) is 51.4 Å². The van der Waals surface area contributed by atoms with Gasteiger partial charge in [-0.2, -0.15) is 0 Å². The van der Waals surface area contributed by atoms with Crippen LogP contribution in [0.15, 0.2) is 41.1 Å². The molecule has 0 spiro atoms. The van der Waals surface area contributed by atoms with Crippen molar-refractivity contribution in [3.8, 4) is 5.69 Å². The quantitative estimate of drug-likeness (QED) is 0.404. The van der Waals surface area contributed by atoms with Gasteiger partial charge in [-0.15, -0.1) is 21.5 Å². The van der Waals surface area contributed by atoms with Crippen LogP contribution in [0.4, 0.5) is 5.82 Å². The molecular weight excluding hydrogens is 454 g/mol. The van der Waals surface area contributed by atoms with E-state index >= 15 is 0 Å². The molecule has 3 aromatic heterocycles. The van der Waals surface area contributed by atoms with Crippen LogP contribution in [0.5, 0.6) is 0 Å². The normalized spacial score (nSPS) is 14.3. The number of hydrogen-bond donors (Lipinski definition) is 0. The van der Waals surface area contributed by atoms with Gasteiger partial charge >= 0.3 is 0 Å². The predicted molar refractivity (Wildman–Crippen MR) is 133 cm³/mol. The summed E-state index contributed by atoms with van der Waals surface area (Å²) in [6.07, 6.45) is 1.62. The summed E-state index contributed by atoms with van der Waals surface area (Å²) in [4.78, 5) is 27.0. The lowest BCUT2D eigenvalue weighted by molar-refractivity contribution is -0.128. The number of thiophene rings is 1. The molecule has 1 saturated heterocycles. The maximum atomic E-state index is 13.0. The van der Waals surface area contributed by atoms with Crippen LogP contribution >= 0.6 is 23.1 Å². The molecule has 0 aliphatic carbocycles. The molecule has 4 heterocycles. The minimum absolute atomic E-state index is 0.121. The third-order valence-electron chi connectivity index (χ3n) is 5.90. The SMILES string of the molecule is Cc1ccc(C)c(-n2c(C)nnc2SCC(=O)N2CCN(c3ncnc4sccc34)CC2)c1. The van der Waals surface area contributed by atoms with Crippen LogP contribution in [-0.2, 0) is 4.79 Å². The first-order valence-corrected chi connectivity index (χ1v) is 12.7. The standard InChI is InChI=1S/C23H25N7OS2/c1-15-4-5-16(2)19(12-15)30-17(3)26-27-23(30)33-13-20(31)28-7-9-29(10-8-28)21-18-6-11-32-22(18)25-14-24-21/h4-6,11-12,14H,7-10,13H2,1-3H3. The number of piperazine rings is 1. The van der Waals surface area contributed by atoms with Crippen LogP contribution in [-0.4, -0.2) is 67.5 Å². The van der Waals surface area contributed by atoms with Crippen molar-refractivity contribution in [3.05, 3.63) is 52.9 Å². The fraction of sp³-hybridized carbons (Fsp3) is 0.348. The third-order valence-corrected chi connectivity index (χ3v) is 7.63. The van der Waals surface area contributed by atoms with Gasteiger partial charge < -0.3 is 9.80 Å². The third kappa shape index (κ3) is 4.32. The topological polar surface area (TPSA) is 80.0 Å². The first kappa shape index (κ1) is 21.8. The highest BCUT2D eigenvalue weighted by molar-refractivity contribution is 7.99. The minimum atomic E-state index is 0.121. The van der Waals surface area contributed by atoms with Gasteiger partial charge in [0.1, 0.15) is 22.8 Å². The van der Waals surface area contributed by atoms with E-state index in [-0.39, 0.29) is 5.91 Å². The van der Waals surface area contributed by atoms with Crippen molar-refractivity contribution in [1.82, 2.24) is 29.6 Å². The van der Waals surface area contributed by atoms with E-state index in [1.54, 1.807) is 17.7 Å². The summed E-state index contributed by atoms with van der Waals surface area (Å²) in [5.74, 6) is 2.23. The van der Waals surface area contributed by atoms with Gasteiger partial charge in [0.05, 0.1) is 16.8 Å². The van der Waals surface area contributed by atoms with Crippen molar-refractivity contribution in [1.29, 1.82) is 0 Å². The minimum Gasteiger partial charge on any atom is -0.352 e. The Hall–Kier alpha value is -2.98. The molecule has 0 radical (unpaired) electrons. The van der Waals surface area contributed by atoms with E-state index < -0.39 is 0 Å². The molecule has 0 saturated carbocycles. The molecule has 33 heavy (non-hydrogen) atoms. The van der Waals surface area contributed by atoms with Crippen LogP contribution in [0, 0.1) is 20.8 Å². The molecule has 8 nitrogen and oxygen atoms in total. The molecule has 5 rings (SSSR count). The Morgan fingerprint density at radius 2 is 1.88 bits per heavy atom. The van der Waals surface area contributed by atoms with Gasteiger partial charge in [-0.25, -0.2) is 9.97 Å². The fourth-order valence-corrected chi connectivity index (χ4v) is 5.71. The molecule has 0 N–H and O–H groups in total. The van der Waals surface area contributed by atoms with E-state index in [2.05, 4.69) is 63.2 Å². The maximum Gasteiger partial charge on any atom is 0.233 e. The Balaban J connectivity index is 1.23. The number of aryl methyl sites for hydroxylation is 3. The van der Waals surface area contributed by atoms with Gasteiger partial charge in [-0.1, -0.05) is 23.9 Å². The number of carbonyl (C=O) groups is 1. The van der Waals surface area contributed by atoms with Crippen molar-refractivity contribution < 1.29 is 4.79 Å². The van der Waals surface area contributed by atoms with Gasteiger partial charge in [-0.3, -0.25) is 9.36 Å². The highest BCUT2D eigenvalue weighted by Gasteiger charge is 2.24. The smallest absolute Gasteiger partial charge is 0.233 e. The number of benzene rings is 1. The zero-order chi connectivity index (χ0) is 22.9. The molecule has 0 bridgehead atoms. The highest BCUT2D eigenvalue weighted by atomic mass is 32.2. The number of thioether (sulfide) groups is 1. The molecule has 1 fully saturated rings. The maximum absolute atomic E-state index is 13.0. The summed E-state index contributed by atoms with van der Waals surface area (Å²) in [6, 6.07) is 8.40. The van der Waals surface area contributed by atoms with Crippen molar-refractivity contribution in [3.63, 3.8) is 0 Å². The van der Waals surface area contributed by atoms with Crippen LogP contribution in [0.2, 0.25) is 0 Å². The van der Waals surface area contributed by atoms with E-state index in [1.807, 2.05) is 21.8 Å². The Morgan fingerprint density at radius 3 is 2.70 bits per heavy atom. The Bertz CT molecular complexity index is 1310. The number of nitrogens with zero attached hydrogens (tertiary/aromatic N) is 7. The van der Waals surface area contributed by atoms with E-state index in [1.165, 1.54) is 17.3 Å². The fourth-order valence-electron chi connectivity index (χ4n) is 4.09. The molecule has 1 aromatic carbocycles. The molecule has 170 valence electrons. The summed E-state index contributed by atoms with van der Waals surface area (Å²) in [5, 5.41) is 12.5. The Morgan fingerprint density at radius 1 is 1.06 bits per heavy atom. The second-order valence-corrected chi connectivity index (χ2v) is 9.99. The second-order valence-electron chi connectivity index (χ2n) is 8.15. The number of amides is 1. The summed E-state index contributed by atoms with van der Waals surface area (Å²) in [6.45, 7) is 8.97. The predicted octanol–water partition coefficient (Wildman–Crippen LogP) is 3.64. The van der Waals surface area contributed by atoms with E-state index in [4.69, 9.17) is 0 Å². The van der Waals surface area contributed by atoms with Gasteiger partial charge in [0.25, 0.3) is 0 Å². The van der Waals surface area contributed by atoms with Crippen molar-refractivity contribution >= 4 is 45.0 Å². The molecule has 1 aliphatic rings. The van der Waals surface area contributed by atoms with Gasteiger partial charge in [0.2, 0.25) is 5.91 Å². The van der Waals surface area contributed by atoms with Crippen LogP contribution in [0.3, 0.4) is 0 Å². The van der Waals surface area contributed by atoms with E-state index in [0.29, 0.717) is 18.8 Å². The van der Waals surface area contributed by atoms with Crippen molar-refractivity contribution in [2.24, 2.45) is 0 Å². The number of fused-ring (bicyclic) bond motifs is 1. The summed E-state index contributed by atoms with van der Waals surface area (Å²) >= 11 is 3.06. The number of rotatable bonds is 5. The number of anilines is 1. The molecule has 0 unspecified atom stereocenters. The zero-order valence-corrected chi connectivity index (χ0v) is 20.5. The van der Waals surface area contributed by atoms with Crippen LogP contribution in [0.1, 0.15) is 17.0 Å². The van der Waals surface area contributed by atoms with Gasteiger partial charge in [-0.05, 0) is 49.4 Å². The molecular formula is C23H25N7OS2. The van der Waals surface area contributed by atoms with Gasteiger partial charge in [0.15, 0.2) is 5.16 Å². The lowest BCUT2D eigenvalue weighted by Crippen LogP contribution is -2.49. The average Bonchev–Trinajstić information content (AvgIpc) is 3.45. The second kappa shape index (κ2) is 9.11. The van der Waals surface area contributed by atoms with Crippen LogP contribution in [0.25, 0.3) is 15.9 Å². The van der Waals surface area contributed by atoms with E-state index in [9.17, 15) is 4.79 Å². The number of hydrogen-bond acceptors (Lipinski definition) is 8. The molecule has 1 amide bonds. The summed E-state index contributed by atoms with van der Waals surface area (Å²) in [7, 11) is 0. The Labute approximate surface area is 200 Å². The molecule has 4 aromatic rings. The lowest BCUT2D eigenvalue weighted by Gasteiger charge is -2.35. The molecule has 10 heteroatoms. The summed E-state index contributed by atoms with van der Waals surface area (Å²) in [5.41, 5.74) is 3.39. The van der Waals surface area contributed by atoms with Crippen molar-refractivity contribution in [2.45, 2.75) is 25.9 Å². The average molecular weight is 480 g/mol. The van der Waals surface area contributed by atoms with Gasteiger partial charge in [0, 0.05) is 26.2 Å². The molecule has 0 atom stereocenters. The highest BCUT2D eigenvalue weighted by Crippen LogP contribution is 2.28. The molecule has 1 aliphatic heterocycles. The Kier molecular flexibility index (Phi) is 6.03. The number of aromatic nitrogens is 5. The monoisotopic (exact) mass is 479 g/mol. The zero-order valence-electron chi connectivity index (χ0n) is 18.9. The first-order chi connectivity index (χ1) is 16.0. The largest absolute Gasteiger partial charge is 0.352 e. The lowest BCUT2D eigenvalue weighted by atomic mass is 10.1. The van der Waals surface area contributed by atoms with Crippen molar-refractivity contribution in [2.75, 3.05) is 36.8 Å².